The number of aryl methyl sites for hydroxylation is 3. The second-order valence-electron chi connectivity index (χ2n) is 6.83. The second kappa shape index (κ2) is 8.40. The van der Waals surface area contributed by atoms with Crippen molar-refractivity contribution in [3.8, 4) is 11.1 Å². The van der Waals surface area contributed by atoms with Crippen LogP contribution in [0.15, 0.2) is 53.9 Å². The first-order valence-electron chi connectivity index (χ1n) is 9.09. The number of amides is 1. The van der Waals surface area contributed by atoms with E-state index in [0.29, 0.717) is 4.88 Å². The van der Waals surface area contributed by atoms with Crippen LogP contribution in [0.5, 0.6) is 0 Å². The topological polar surface area (TPSA) is 55.4 Å². The number of para-hydroxylation sites is 1. The number of hydrogen-bond acceptors (Lipinski definition) is 4. The van der Waals surface area contributed by atoms with Crippen molar-refractivity contribution in [1.29, 1.82) is 0 Å². The van der Waals surface area contributed by atoms with Crippen LogP contribution in [-0.2, 0) is 9.53 Å². The van der Waals surface area contributed by atoms with E-state index < -0.39 is 12.1 Å². The van der Waals surface area contributed by atoms with Crippen LogP contribution in [0.1, 0.15) is 33.3 Å². The average molecular weight is 394 g/mol. The Balaban J connectivity index is 1.72. The first-order valence-corrected chi connectivity index (χ1v) is 9.97. The molecule has 0 aliphatic carbocycles. The maximum atomic E-state index is 12.7. The molecule has 1 heterocycles. The van der Waals surface area contributed by atoms with Crippen molar-refractivity contribution < 1.29 is 14.3 Å². The van der Waals surface area contributed by atoms with E-state index in [4.69, 9.17) is 4.74 Å². The molecule has 1 amide bonds. The van der Waals surface area contributed by atoms with Gasteiger partial charge in [-0.05, 0) is 55.8 Å². The normalized spacial score (nSPS) is 11.7. The summed E-state index contributed by atoms with van der Waals surface area (Å²) in [5, 5.41) is 4.72. The molecule has 1 aromatic heterocycles. The van der Waals surface area contributed by atoms with Crippen molar-refractivity contribution in [3.63, 3.8) is 0 Å². The van der Waals surface area contributed by atoms with Crippen LogP contribution in [0.25, 0.3) is 11.1 Å². The minimum absolute atomic E-state index is 0.348. The number of hydrogen-bond donors (Lipinski definition) is 1. The van der Waals surface area contributed by atoms with Gasteiger partial charge >= 0.3 is 5.97 Å². The fourth-order valence-corrected chi connectivity index (χ4v) is 3.73. The van der Waals surface area contributed by atoms with Gasteiger partial charge in [-0.25, -0.2) is 4.79 Å². The van der Waals surface area contributed by atoms with Crippen LogP contribution in [0, 0.1) is 20.8 Å². The summed E-state index contributed by atoms with van der Waals surface area (Å²) in [5.74, 6) is -0.839. The fraction of sp³-hybridized carbons (Fsp3) is 0.217. The van der Waals surface area contributed by atoms with Gasteiger partial charge in [0, 0.05) is 11.3 Å². The molecule has 28 heavy (non-hydrogen) atoms. The van der Waals surface area contributed by atoms with E-state index >= 15 is 0 Å². The average Bonchev–Trinajstić information content (AvgIpc) is 3.15. The number of benzene rings is 2. The fourth-order valence-electron chi connectivity index (χ4n) is 2.93. The predicted octanol–water partition coefficient (Wildman–Crippen LogP) is 5.52. The summed E-state index contributed by atoms with van der Waals surface area (Å²) in [6, 6.07) is 15.7. The Hall–Kier alpha value is -2.92. The Bertz CT molecular complexity index is 985. The molecule has 0 radical (unpaired) electrons. The van der Waals surface area contributed by atoms with Crippen LogP contribution < -0.4 is 5.32 Å². The minimum Gasteiger partial charge on any atom is -0.448 e. The van der Waals surface area contributed by atoms with Gasteiger partial charge in [-0.2, -0.15) is 0 Å². The van der Waals surface area contributed by atoms with Gasteiger partial charge in [-0.3, -0.25) is 4.79 Å². The number of nitrogens with one attached hydrogen (secondary N) is 1. The van der Waals surface area contributed by atoms with Crippen LogP contribution in [-0.4, -0.2) is 18.0 Å². The quantitative estimate of drug-likeness (QED) is 0.580. The van der Waals surface area contributed by atoms with Crippen molar-refractivity contribution in [1.82, 2.24) is 0 Å². The molecule has 0 bridgehead atoms. The summed E-state index contributed by atoms with van der Waals surface area (Å²) in [4.78, 5) is 25.7. The van der Waals surface area contributed by atoms with Crippen molar-refractivity contribution in [2.75, 3.05) is 5.32 Å². The zero-order chi connectivity index (χ0) is 20.3. The molecular formula is C23H23NO3S. The first kappa shape index (κ1) is 19.8. The van der Waals surface area contributed by atoms with Crippen LogP contribution in [0.4, 0.5) is 5.69 Å². The van der Waals surface area contributed by atoms with E-state index in [9.17, 15) is 9.59 Å². The summed E-state index contributed by atoms with van der Waals surface area (Å²) in [6.07, 6.45) is -0.903. The van der Waals surface area contributed by atoms with Crippen LogP contribution in [0.3, 0.4) is 0 Å². The lowest BCUT2D eigenvalue weighted by Gasteiger charge is -2.16. The molecule has 0 fully saturated rings. The predicted molar refractivity (Wildman–Crippen MR) is 114 cm³/mol. The summed E-state index contributed by atoms with van der Waals surface area (Å²) < 4.78 is 5.45. The molecule has 0 saturated carbocycles. The van der Waals surface area contributed by atoms with Gasteiger partial charge in [0.05, 0.1) is 0 Å². The molecular weight excluding hydrogens is 370 g/mol. The SMILES string of the molecule is Cc1ccc(-c2ccsc2C(=O)OC(C)C(=O)Nc2c(C)cccc2C)cc1. The minimum atomic E-state index is -0.903. The van der Waals surface area contributed by atoms with Gasteiger partial charge in [0.1, 0.15) is 4.88 Å². The van der Waals surface area contributed by atoms with Gasteiger partial charge in [0.25, 0.3) is 5.91 Å². The number of ether oxygens (including phenoxy) is 1. The zero-order valence-corrected chi connectivity index (χ0v) is 17.2. The Morgan fingerprint density at radius 2 is 1.61 bits per heavy atom. The summed E-state index contributed by atoms with van der Waals surface area (Å²) in [5.41, 5.74) is 5.61. The largest absolute Gasteiger partial charge is 0.448 e. The van der Waals surface area contributed by atoms with Gasteiger partial charge < -0.3 is 10.1 Å². The Morgan fingerprint density at radius 3 is 2.25 bits per heavy atom. The lowest BCUT2D eigenvalue weighted by atomic mass is 10.1. The highest BCUT2D eigenvalue weighted by molar-refractivity contribution is 7.12. The Kier molecular flexibility index (Phi) is 5.95. The maximum Gasteiger partial charge on any atom is 0.349 e. The maximum absolute atomic E-state index is 12.7. The number of esters is 1. The van der Waals surface area contributed by atoms with E-state index in [-0.39, 0.29) is 5.91 Å². The van der Waals surface area contributed by atoms with Gasteiger partial charge in [0.2, 0.25) is 0 Å². The molecule has 0 saturated heterocycles. The number of carbonyl (C=O) groups excluding carboxylic acids is 2. The Labute approximate surface area is 169 Å². The third-order valence-electron chi connectivity index (χ3n) is 4.60. The zero-order valence-electron chi connectivity index (χ0n) is 16.4. The van der Waals surface area contributed by atoms with Crippen LogP contribution >= 0.6 is 11.3 Å². The van der Waals surface area contributed by atoms with E-state index in [1.54, 1.807) is 6.92 Å². The molecule has 0 aliphatic rings. The van der Waals surface area contributed by atoms with Gasteiger partial charge in [0.15, 0.2) is 6.10 Å². The molecule has 2 aromatic carbocycles. The smallest absolute Gasteiger partial charge is 0.349 e. The van der Waals surface area contributed by atoms with E-state index in [2.05, 4.69) is 5.32 Å². The molecule has 5 heteroatoms. The lowest BCUT2D eigenvalue weighted by Crippen LogP contribution is -2.30. The summed E-state index contributed by atoms with van der Waals surface area (Å²) >= 11 is 1.31. The summed E-state index contributed by atoms with van der Waals surface area (Å²) in [6.45, 7) is 7.46. The van der Waals surface area contributed by atoms with Crippen molar-refractivity contribution in [3.05, 3.63) is 75.5 Å². The molecule has 1 unspecified atom stereocenters. The highest BCUT2D eigenvalue weighted by Crippen LogP contribution is 2.29. The molecule has 3 aromatic rings. The van der Waals surface area contributed by atoms with Crippen molar-refractivity contribution in [2.24, 2.45) is 0 Å². The molecule has 4 nitrogen and oxygen atoms in total. The first-order chi connectivity index (χ1) is 13.4. The monoisotopic (exact) mass is 393 g/mol. The third kappa shape index (κ3) is 4.31. The van der Waals surface area contributed by atoms with E-state index in [1.807, 2.05) is 74.7 Å². The number of rotatable bonds is 5. The summed E-state index contributed by atoms with van der Waals surface area (Å²) in [7, 11) is 0. The molecule has 0 spiro atoms. The third-order valence-corrected chi connectivity index (χ3v) is 5.49. The number of anilines is 1. The molecule has 144 valence electrons. The van der Waals surface area contributed by atoms with Crippen molar-refractivity contribution in [2.45, 2.75) is 33.8 Å². The number of thiophene rings is 1. The molecule has 1 N–H and O–H groups in total. The van der Waals surface area contributed by atoms with E-state index in [1.165, 1.54) is 11.3 Å². The van der Waals surface area contributed by atoms with Crippen molar-refractivity contribution >= 4 is 28.9 Å². The highest BCUT2D eigenvalue weighted by atomic mass is 32.1. The lowest BCUT2D eigenvalue weighted by molar-refractivity contribution is -0.123. The molecule has 0 aliphatic heterocycles. The van der Waals surface area contributed by atoms with E-state index in [0.717, 1.165) is 33.5 Å². The van der Waals surface area contributed by atoms with Gasteiger partial charge in [-0.1, -0.05) is 48.0 Å². The van der Waals surface area contributed by atoms with Gasteiger partial charge in [-0.15, -0.1) is 11.3 Å². The van der Waals surface area contributed by atoms with Crippen LogP contribution in [0.2, 0.25) is 0 Å². The molecule has 1 atom stereocenters. The second-order valence-corrected chi connectivity index (χ2v) is 7.75. The molecule has 3 rings (SSSR count). The Morgan fingerprint density at radius 1 is 0.964 bits per heavy atom. The number of carbonyl (C=O) groups is 2. The standard InChI is InChI=1S/C23H23NO3S/c1-14-8-10-18(11-9-14)19-12-13-28-21(19)23(26)27-17(4)22(25)24-20-15(2)6-5-7-16(20)3/h5-13,17H,1-4H3,(H,24,25). The highest BCUT2D eigenvalue weighted by Gasteiger charge is 2.23.